The maximum absolute atomic E-state index is 13.8. The topological polar surface area (TPSA) is 80.1 Å². The van der Waals surface area contributed by atoms with Crippen molar-refractivity contribution in [2.45, 2.75) is 50.1 Å². The molecule has 3 aromatic rings. The fourth-order valence-electron chi connectivity index (χ4n) is 5.31. The summed E-state index contributed by atoms with van der Waals surface area (Å²) >= 11 is 0. The van der Waals surface area contributed by atoms with Gasteiger partial charge in [0.05, 0.1) is 5.69 Å². The second kappa shape index (κ2) is 10.0. The summed E-state index contributed by atoms with van der Waals surface area (Å²) in [7, 11) is 0. The van der Waals surface area contributed by atoms with Crippen molar-refractivity contribution in [1.82, 2.24) is 24.8 Å². The number of halogens is 2. The summed E-state index contributed by atoms with van der Waals surface area (Å²) in [5.74, 6) is -1.55. The van der Waals surface area contributed by atoms with E-state index in [4.69, 9.17) is 0 Å². The Kier molecular flexibility index (Phi) is 6.68. The van der Waals surface area contributed by atoms with E-state index in [9.17, 15) is 18.4 Å². The predicted molar refractivity (Wildman–Crippen MR) is 127 cm³/mol. The molecule has 1 aliphatic heterocycles. The number of benzene rings is 1. The zero-order valence-corrected chi connectivity index (χ0v) is 19.2. The highest BCUT2D eigenvalue weighted by Gasteiger charge is 2.33. The molecule has 2 aromatic heterocycles. The fourth-order valence-corrected chi connectivity index (χ4v) is 5.31. The number of hydrogen-bond donors (Lipinski definition) is 1. The van der Waals surface area contributed by atoms with Crippen LogP contribution in [0, 0.1) is 11.6 Å². The number of aromatic nitrogens is 3. The largest absolute Gasteiger partial charge is 0.356 e. The average Bonchev–Trinajstić information content (AvgIpc) is 3.34. The zero-order chi connectivity index (χ0) is 24.4. The number of hydrogen-bond acceptors (Lipinski definition) is 5. The molecule has 1 saturated heterocycles. The Hall–Kier alpha value is -3.46. The molecule has 1 aromatic carbocycles. The summed E-state index contributed by atoms with van der Waals surface area (Å²) in [5.41, 5.74) is 0.768. The van der Waals surface area contributed by atoms with Gasteiger partial charge in [-0.1, -0.05) is 6.07 Å². The summed E-state index contributed by atoms with van der Waals surface area (Å²) in [5, 5.41) is 2.94. The lowest BCUT2D eigenvalue weighted by Gasteiger charge is -2.34. The van der Waals surface area contributed by atoms with E-state index in [1.807, 2.05) is 18.3 Å². The number of nitrogens with one attached hydrogen (secondary N) is 1. The minimum absolute atomic E-state index is 0.110. The lowest BCUT2D eigenvalue weighted by Crippen LogP contribution is -2.45. The minimum atomic E-state index is -1.05. The summed E-state index contributed by atoms with van der Waals surface area (Å²) < 4.78 is 28.0. The van der Waals surface area contributed by atoms with Crippen molar-refractivity contribution in [2.24, 2.45) is 0 Å². The third-order valence-corrected chi connectivity index (χ3v) is 7.13. The van der Waals surface area contributed by atoms with Crippen LogP contribution in [0.5, 0.6) is 0 Å². The van der Waals surface area contributed by atoms with E-state index < -0.39 is 23.4 Å². The molecule has 0 spiro atoms. The Bertz CT molecular complexity index is 1260. The van der Waals surface area contributed by atoms with Crippen LogP contribution in [0.1, 0.15) is 43.7 Å². The van der Waals surface area contributed by atoms with Gasteiger partial charge >= 0.3 is 11.7 Å². The first kappa shape index (κ1) is 23.3. The highest BCUT2D eigenvalue weighted by molar-refractivity contribution is 5.82. The van der Waals surface area contributed by atoms with Crippen molar-refractivity contribution < 1.29 is 13.6 Å². The maximum Gasteiger partial charge on any atom is 0.356 e. The molecule has 7 nitrogen and oxygen atoms in total. The molecule has 1 amide bonds. The molecule has 5 rings (SSSR count). The minimum Gasteiger partial charge on any atom is -0.333 e. The van der Waals surface area contributed by atoms with Crippen molar-refractivity contribution in [3.05, 3.63) is 82.7 Å². The highest BCUT2D eigenvalue weighted by Crippen LogP contribution is 2.34. The van der Waals surface area contributed by atoms with E-state index in [1.165, 1.54) is 18.3 Å². The summed E-state index contributed by atoms with van der Waals surface area (Å²) in [6.07, 6.45) is 8.24. The van der Waals surface area contributed by atoms with Gasteiger partial charge in [-0.3, -0.25) is 9.88 Å². The molecule has 1 N–H and O–H groups in total. The van der Waals surface area contributed by atoms with E-state index >= 15 is 0 Å². The second-order valence-electron chi connectivity index (χ2n) is 9.27. The van der Waals surface area contributed by atoms with E-state index in [2.05, 4.69) is 26.3 Å². The first-order valence-electron chi connectivity index (χ1n) is 12.0. The average molecular weight is 480 g/mol. The second-order valence-corrected chi connectivity index (χ2v) is 9.27. The highest BCUT2D eigenvalue weighted by atomic mass is 19.2. The molecular weight excluding hydrogens is 452 g/mol. The SMILES string of the molecule is O=C(N[C@@H]1CCN([C@H]2CC[C@H](c3ccccn3)CC2)C1)n1c(-c2ccc(F)c(F)c2)ccnc1=O. The number of likely N-dealkylation sites (tertiary alicyclic amines) is 1. The van der Waals surface area contributed by atoms with Crippen LogP contribution < -0.4 is 11.0 Å². The van der Waals surface area contributed by atoms with Gasteiger partial charge in [-0.05, 0) is 68.5 Å². The van der Waals surface area contributed by atoms with Gasteiger partial charge in [0.25, 0.3) is 0 Å². The Labute approximate surface area is 201 Å². The van der Waals surface area contributed by atoms with Gasteiger partial charge in [-0.15, -0.1) is 0 Å². The van der Waals surface area contributed by atoms with Crippen molar-refractivity contribution >= 4 is 6.03 Å². The predicted octanol–water partition coefficient (Wildman–Crippen LogP) is 3.94. The first-order valence-corrected chi connectivity index (χ1v) is 12.0. The van der Waals surface area contributed by atoms with Crippen molar-refractivity contribution in [2.75, 3.05) is 13.1 Å². The van der Waals surface area contributed by atoms with Crippen LogP contribution in [0.15, 0.2) is 59.7 Å². The van der Waals surface area contributed by atoms with E-state index in [-0.39, 0.29) is 17.3 Å². The standard InChI is InChI=1S/C26H27F2N5O2/c27-21-9-6-18(15-22(21)28)24-10-13-30-25(34)33(24)26(35)31-19-11-14-32(16-19)20-7-4-17(5-8-20)23-3-1-2-12-29-23/h1-3,6,9-10,12-13,15,17,19-20H,4-5,7-8,11,14,16H2,(H,31,35)/t17-,19-,20-/m1/s1. The van der Waals surface area contributed by atoms with Crippen LogP contribution in [0.3, 0.4) is 0 Å². The summed E-state index contributed by atoms with van der Waals surface area (Å²) in [6, 6.07) is 10.5. The molecule has 1 saturated carbocycles. The normalized spacial score (nSPS) is 22.7. The van der Waals surface area contributed by atoms with Gasteiger partial charge in [0.15, 0.2) is 11.6 Å². The Morgan fingerprint density at radius 2 is 1.77 bits per heavy atom. The molecule has 35 heavy (non-hydrogen) atoms. The molecule has 0 bridgehead atoms. The van der Waals surface area contributed by atoms with Gasteiger partial charge in [-0.2, -0.15) is 0 Å². The van der Waals surface area contributed by atoms with Gasteiger partial charge in [0.2, 0.25) is 0 Å². The number of nitrogens with zero attached hydrogens (tertiary/aromatic N) is 4. The van der Waals surface area contributed by atoms with Crippen LogP contribution in [-0.2, 0) is 0 Å². The molecular formula is C26H27F2N5O2. The van der Waals surface area contributed by atoms with E-state index in [0.717, 1.165) is 61.0 Å². The van der Waals surface area contributed by atoms with E-state index in [0.29, 0.717) is 18.5 Å². The molecule has 9 heteroatoms. The summed E-state index contributed by atoms with van der Waals surface area (Å²) in [4.78, 5) is 36.1. The Morgan fingerprint density at radius 1 is 0.943 bits per heavy atom. The molecule has 0 unspecified atom stereocenters. The number of pyridine rings is 1. The van der Waals surface area contributed by atoms with Crippen LogP contribution in [0.2, 0.25) is 0 Å². The van der Waals surface area contributed by atoms with Crippen LogP contribution in [-0.4, -0.2) is 50.6 Å². The zero-order valence-electron chi connectivity index (χ0n) is 19.2. The van der Waals surface area contributed by atoms with Crippen molar-refractivity contribution in [3.8, 4) is 11.3 Å². The van der Waals surface area contributed by atoms with Crippen LogP contribution in [0.25, 0.3) is 11.3 Å². The van der Waals surface area contributed by atoms with Crippen LogP contribution in [0.4, 0.5) is 13.6 Å². The smallest absolute Gasteiger partial charge is 0.333 e. The lowest BCUT2D eigenvalue weighted by molar-refractivity contribution is 0.177. The number of rotatable bonds is 4. The third kappa shape index (κ3) is 5.00. The quantitative estimate of drug-likeness (QED) is 0.613. The first-order chi connectivity index (χ1) is 17.0. The molecule has 0 radical (unpaired) electrons. The molecule has 2 fully saturated rings. The number of amides is 1. The van der Waals surface area contributed by atoms with Gasteiger partial charge in [0.1, 0.15) is 0 Å². The van der Waals surface area contributed by atoms with Gasteiger partial charge < -0.3 is 5.32 Å². The molecule has 2 aliphatic rings. The number of carbonyl (C=O) groups excluding carboxylic acids is 1. The maximum atomic E-state index is 13.8. The fraction of sp³-hybridized carbons (Fsp3) is 0.385. The molecule has 1 atom stereocenters. The summed E-state index contributed by atoms with van der Waals surface area (Å²) in [6.45, 7) is 1.59. The third-order valence-electron chi connectivity index (χ3n) is 7.13. The van der Waals surface area contributed by atoms with Crippen molar-refractivity contribution in [3.63, 3.8) is 0 Å². The van der Waals surface area contributed by atoms with Crippen molar-refractivity contribution in [1.29, 1.82) is 0 Å². The molecule has 1 aliphatic carbocycles. The van der Waals surface area contributed by atoms with Crippen LogP contribution >= 0.6 is 0 Å². The van der Waals surface area contributed by atoms with E-state index in [1.54, 1.807) is 0 Å². The molecule has 182 valence electrons. The number of carbonyl (C=O) groups is 1. The van der Waals surface area contributed by atoms with Gasteiger partial charge in [-0.25, -0.2) is 27.9 Å². The Balaban J connectivity index is 1.23. The lowest BCUT2D eigenvalue weighted by atomic mass is 9.83. The molecule has 3 heterocycles. The Morgan fingerprint density at radius 3 is 2.51 bits per heavy atom. The van der Waals surface area contributed by atoms with Gasteiger partial charge in [0, 0.05) is 54.7 Å². The monoisotopic (exact) mass is 479 g/mol.